The zero-order chi connectivity index (χ0) is 13.0. The maximum Gasteiger partial charge on any atom is 0.130 e. The van der Waals surface area contributed by atoms with E-state index in [2.05, 4.69) is 4.98 Å². The Morgan fingerprint density at radius 2 is 2.11 bits per heavy atom. The molecule has 0 amide bonds. The summed E-state index contributed by atoms with van der Waals surface area (Å²) >= 11 is 0. The lowest BCUT2D eigenvalue weighted by molar-refractivity contribution is 0.300. The van der Waals surface area contributed by atoms with E-state index in [1.165, 1.54) is 0 Å². The van der Waals surface area contributed by atoms with Gasteiger partial charge in [-0.25, -0.2) is 0 Å². The lowest BCUT2D eigenvalue weighted by atomic mass is 10.1. The first-order chi connectivity index (χ1) is 8.66. The molecule has 0 spiro atoms. The number of nitrogens with two attached hydrogens (primary N) is 1. The molecular weight excluding hydrogens is 224 g/mol. The van der Waals surface area contributed by atoms with Crippen molar-refractivity contribution < 1.29 is 4.74 Å². The van der Waals surface area contributed by atoms with E-state index >= 15 is 0 Å². The average molecular weight is 242 g/mol. The highest BCUT2D eigenvalue weighted by Gasteiger charge is 2.03. The smallest absolute Gasteiger partial charge is 0.130 e. The second-order valence-electron chi connectivity index (χ2n) is 4.42. The highest BCUT2D eigenvalue weighted by molar-refractivity contribution is 5.30. The Labute approximate surface area is 108 Å². The topological polar surface area (TPSA) is 48.1 Å². The van der Waals surface area contributed by atoms with Gasteiger partial charge in [-0.2, -0.15) is 0 Å². The van der Waals surface area contributed by atoms with Crippen LogP contribution in [0.1, 0.15) is 29.8 Å². The van der Waals surface area contributed by atoms with E-state index in [0.29, 0.717) is 6.61 Å². The molecule has 2 rings (SSSR count). The van der Waals surface area contributed by atoms with Crippen molar-refractivity contribution in [2.45, 2.75) is 26.5 Å². The van der Waals surface area contributed by atoms with E-state index in [0.717, 1.165) is 22.6 Å². The summed E-state index contributed by atoms with van der Waals surface area (Å²) in [6, 6.07) is 11.8. The molecule has 2 N–H and O–H groups in total. The van der Waals surface area contributed by atoms with E-state index < -0.39 is 0 Å². The maximum absolute atomic E-state index is 5.85. The van der Waals surface area contributed by atoms with Crippen LogP contribution in [-0.4, -0.2) is 4.98 Å². The third kappa shape index (κ3) is 3.08. The Morgan fingerprint density at radius 1 is 1.28 bits per heavy atom. The number of hydrogen-bond donors (Lipinski definition) is 1. The molecule has 0 saturated heterocycles. The van der Waals surface area contributed by atoms with Gasteiger partial charge in [-0.15, -0.1) is 0 Å². The average Bonchev–Trinajstić information content (AvgIpc) is 2.38. The van der Waals surface area contributed by atoms with Gasteiger partial charge < -0.3 is 10.5 Å². The van der Waals surface area contributed by atoms with Crippen LogP contribution in [-0.2, 0) is 6.61 Å². The highest BCUT2D eigenvalue weighted by atomic mass is 16.5. The number of ether oxygens (including phenoxy) is 1. The first-order valence-corrected chi connectivity index (χ1v) is 6.05. The second kappa shape index (κ2) is 5.65. The first-order valence-electron chi connectivity index (χ1n) is 6.05. The molecule has 1 unspecified atom stereocenters. The summed E-state index contributed by atoms with van der Waals surface area (Å²) in [4.78, 5) is 4.30. The number of rotatable bonds is 4. The third-order valence-electron chi connectivity index (χ3n) is 2.88. The van der Waals surface area contributed by atoms with Crippen LogP contribution in [0.25, 0.3) is 0 Å². The van der Waals surface area contributed by atoms with E-state index in [1.54, 1.807) is 6.20 Å². The molecule has 0 aliphatic heterocycles. The lowest BCUT2D eigenvalue weighted by Gasteiger charge is -2.10. The molecule has 3 heteroatoms. The van der Waals surface area contributed by atoms with Gasteiger partial charge >= 0.3 is 0 Å². The van der Waals surface area contributed by atoms with Crippen molar-refractivity contribution in [3.63, 3.8) is 0 Å². The number of hydrogen-bond acceptors (Lipinski definition) is 3. The van der Waals surface area contributed by atoms with E-state index in [9.17, 15) is 0 Å². The van der Waals surface area contributed by atoms with Crippen LogP contribution >= 0.6 is 0 Å². The van der Waals surface area contributed by atoms with Crippen LogP contribution in [0.3, 0.4) is 0 Å². The van der Waals surface area contributed by atoms with Gasteiger partial charge in [0.05, 0.1) is 5.69 Å². The minimum Gasteiger partial charge on any atom is -0.487 e. The van der Waals surface area contributed by atoms with Crippen LogP contribution in [0.2, 0.25) is 0 Å². The molecule has 0 bridgehead atoms. The highest BCUT2D eigenvalue weighted by Crippen LogP contribution is 2.18. The lowest BCUT2D eigenvalue weighted by Crippen LogP contribution is -2.05. The van der Waals surface area contributed by atoms with E-state index in [4.69, 9.17) is 10.5 Å². The van der Waals surface area contributed by atoms with Crippen molar-refractivity contribution in [3.8, 4) is 5.75 Å². The first kappa shape index (κ1) is 12.6. The zero-order valence-corrected chi connectivity index (χ0v) is 10.8. The van der Waals surface area contributed by atoms with Crippen molar-refractivity contribution in [2.75, 3.05) is 0 Å². The Morgan fingerprint density at radius 3 is 2.83 bits per heavy atom. The van der Waals surface area contributed by atoms with E-state index in [-0.39, 0.29) is 6.04 Å². The molecule has 1 atom stereocenters. The van der Waals surface area contributed by atoms with Crippen LogP contribution < -0.4 is 10.5 Å². The predicted octanol–water partition coefficient (Wildman–Crippen LogP) is 2.99. The largest absolute Gasteiger partial charge is 0.487 e. The standard InChI is InChI=1S/C15H18N2O/c1-11-5-4-8-17-15(11)10-18-14-7-3-6-13(9-14)12(2)16/h3-9,12H,10,16H2,1-2H3. The van der Waals surface area contributed by atoms with Crippen molar-refractivity contribution in [3.05, 3.63) is 59.4 Å². The SMILES string of the molecule is Cc1cccnc1COc1cccc(C(C)N)c1. The Kier molecular flexibility index (Phi) is 3.95. The van der Waals surface area contributed by atoms with Gasteiger partial charge in [-0.1, -0.05) is 18.2 Å². The number of pyridine rings is 1. The summed E-state index contributed by atoms with van der Waals surface area (Å²) in [5.74, 6) is 0.829. The number of aryl methyl sites for hydroxylation is 1. The van der Waals surface area contributed by atoms with Crippen molar-refractivity contribution in [1.29, 1.82) is 0 Å². The molecule has 18 heavy (non-hydrogen) atoms. The summed E-state index contributed by atoms with van der Waals surface area (Å²) in [6.07, 6.45) is 1.78. The van der Waals surface area contributed by atoms with Crippen molar-refractivity contribution >= 4 is 0 Å². The van der Waals surface area contributed by atoms with Gasteiger partial charge in [0.15, 0.2) is 0 Å². The summed E-state index contributed by atoms with van der Waals surface area (Å²) in [7, 11) is 0. The fourth-order valence-electron chi connectivity index (χ4n) is 1.71. The Balaban J connectivity index is 2.07. The maximum atomic E-state index is 5.85. The third-order valence-corrected chi connectivity index (χ3v) is 2.88. The number of benzene rings is 1. The summed E-state index contributed by atoms with van der Waals surface area (Å²) in [6.45, 7) is 4.47. The second-order valence-corrected chi connectivity index (χ2v) is 4.42. The molecule has 0 saturated carbocycles. The normalized spacial score (nSPS) is 12.2. The molecule has 0 fully saturated rings. The molecular formula is C15H18N2O. The zero-order valence-electron chi connectivity index (χ0n) is 10.8. The number of aromatic nitrogens is 1. The fraction of sp³-hybridized carbons (Fsp3) is 0.267. The fourth-order valence-corrected chi connectivity index (χ4v) is 1.71. The van der Waals surface area contributed by atoms with Crippen molar-refractivity contribution in [2.24, 2.45) is 5.73 Å². The van der Waals surface area contributed by atoms with Crippen LogP contribution in [0.4, 0.5) is 0 Å². The molecule has 1 heterocycles. The molecule has 1 aromatic heterocycles. The van der Waals surface area contributed by atoms with Gasteiger partial charge in [-0.3, -0.25) is 4.98 Å². The Bertz CT molecular complexity index is 523. The molecule has 2 aromatic rings. The summed E-state index contributed by atoms with van der Waals surface area (Å²) in [5, 5.41) is 0. The molecule has 0 radical (unpaired) electrons. The molecule has 1 aromatic carbocycles. The predicted molar refractivity (Wildman–Crippen MR) is 72.4 cm³/mol. The Hall–Kier alpha value is -1.87. The summed E-state index contributed by atoms with van der Waals surface area (Å²) < 4.78 is 5.75. The quantitative estimate of drug-likeness (QED) is 0.896. The van der Waals surface area contributed by atoms with Gasteiger partial charge in [0.1, 0.15) is 12.4 Å². The van der Waals surface area contributed by atoms with E-state index in [1.807, 2.05) is 50.2 Å². The van der Waals surface area contributed by atoms with Gasteiger partial charge in [-0.05, 0) is 43.2 Å². The minimum absolute atomic E-state index is 0.0186. The number of nitrogens with zero attached hydrogens (tertiary/aromatic N) is 1. The molecule has 94 valence electrons. The van der Waals surface area contributed by atoms with Crippen LogP contribution in [0, 0.1) is 6.92 Å². The van der Waals surface area contributed by atoms with Crippen LogP contribution in [0.5, 0.6) is 5.75 Å². The van der Waals surface area contributed by atoms with Crippen LogP contribution in [0.15, 0.2) is 42.6 Å². The molecule has 0 aliphatic rings. The monoisotopic (exact) mass is 242 g/mol. The van der Waals surface area contributed by atoms with Gasteiger partial charge in [0.2, 0.25) is 0 Å². The molecule has 0 aliphatic carbocycles. The van der Waals surface area contributed by atoms with Gasteiger partial charge in [0.25, 0.3) is 0 Å². The minimum atomic E-state index is 0.0186. The van der Waals surface area contributed by atoms with Gasteiger partial charge in [0, 0.05) is 12.2 Å². The summed E-state index contributed by atoms with van der Waals surface area (Å²) in [5.41, 5.74) is 9.02. The van der Waals surface area contributed by atoms with Crippen molar-refractivity contribution in [1.82, 2.24) is 4.98 Å². The molecule has 3 nitrogen and oxygen atoms in total.